The van der Waals surface area contributed by atoms with E-state index in [9.17, 15) is 74.7 Å². The topological polar surface area (TPSA) is 321 Å². The highest BCUT2D eigenvalue weighted by atomic mass is 79.9. The lowest BCUT2D eigenvalue weighted by Gasteiger charge is -2.11. The SMILES string of the molecule is Cc1csc(-c2ccccc2-c2ccc3ncc(C(N)=O)n3c2)n1.Cc1csc(-c2ccccc2O)n1.Cc1csc(-c2ccccc2OS(=O)(=O)C(F)(F)F)n1.Cc1csc(Br)n1.O=S(=O)(OOOS(=O)(=O)C(F)(F)F)C(F)(F)F.O[B]Oc1ccccc1O. The van der Waals surface area contributed by atoms with Gasteiger partial charge in [-0.05, 0) is 108 Å². The van der Waals surface area contributed by atoms with Gasteiger partial charge in [0.15, 0.2) is 15.4 Å². The van der Waals surface area contributed by atoms with Crippen LogP contribution in [0, 0.1) is 27.7 Å². The van der Waals surface area contributed by atoms with Crippen LogP contribution in [0.1, 0.15) is 33.3 Å². The highest BCUT2D eigenvalue weighted by molar-refractivity contribution is 9.11. The number of rotatable bonds is 13. The second-order valence-corrected chi connectivity index (χ2v) is 26.3. The number of pyridine rings is 1. The number of hydrogen-bond donors (Lipinski definition) is 4. The Kier molecular flexibility index (Phi) is 26.1. The molecule has 0 aliphatic carbocycles. The first-order chi connectivity index (χ1) is 42.4. The molecule has 6 heterocycles. The van der Waals surface area contributed by atoms with Crippen molar-refractivity contribution >= 4 is 111 Å². The minimum atomic E-state index is -6.44. The Bertz CT molecular complexity index is 4360. The number of nitrogens with zero attached hydrogens (tertiary/aromatic N) is 6. The molecule has 4 aromatic carbocycles. The molecular weight excluding hydrogens is 1440 g/mol. The van der Waals surface area contributed by atoms with Crippen molar-refractivity contribution in [1.29, 1.82) is 0 Å². The number of primary amides is 1. The molecule has 0 bridgehead atoms. The van der Waals surface area contributed by atoms with Crippen LogP contribution in [-0.4, -0.2) is 99.9 Å². The Balaban J connectivity index is 0.000000206. The average Bonchev–Trinajstić information content (AvgIpc) is 1.87. The molecule has 485 valence electrons. The number of thiazole rings is 4. The summed E-state index contributed by atoms with van der Waals surface area (Å²) in [4.78, 5) is 32.8. The van der Waals surface area contributed by atoms with Gasteiger partial charge in [-0.25, -0.2) is 24.9 Å². The van der Waals surface area contributed by atoms with Crippen LogP contribution in [0.25, 0.3) is 48.5 Å². The summed E-state index contributed by atoms with van der Waals surface area (Å²) < 4.78 is 184. The van der Waals surface area contributed by atoms with E-state index in [1.165, 1.54) is 35.7 Å². The van der Waals surface area contributed by atoms with E-state index in [1.54, 1.807) is 87.1 Å². The maximum Gasteiger partial charge on any atom is 0.569 e. The number of phenolic OH excluding ortho intramolecular Hbond substituents is 2. The molecule has 0 fully saturated rings. The molecule has 0 aliphatic rings. The zero-order chi connectivity index (χ0) is 67.7. The monoisotopic (exact) mass is 1480 g/mol. The number of phenols is 2. The van der Waals surface area contributed by atoms with E-state index in [1.807, 2.05) is 85.6 Å². The molecular formula is C51H41BBrF9N7O15S7. The number of aryl methyl sites for hydroxylation is 4. The number of halogens is 10. The van der Waals surface area contributed by atoms with Gasteiger partial charge >= 0.3 is 54.6 Å². The first kappa shape index (κ1) is 74.1. The second kappa shape index (κ2) is 32.1. The Morgan fingerprint density at radius 3 is 1.38 bits per heavy atom. The van der Waals surface area contributed by atoms with Gasteiger partial charge in [0.05, 0.1) is 17.3 Å². The number of nitrogens with two attached hydrogens (primary N) is 1. The summed E-state index contributed by atoms with van der Waals surface area (Å²) in [6, 6.07) is 31.1. The third kappa shape index (κ3) is 21.5. The molecule has 40 heteroatoms. The molecule has 1 amide bonds. The number of alkyl halides is 9. The van der Waals surface area contributed by atoms with Crippen molar-refractivity contribution in [1.82, 2.24) is 29.3 Å². The quantitative estimate of drug-likeness (QED) is 0.0208. The van der Waals surface area contributed by atoms with Gasteiger partial charge in [0.25, 0.3) is 5.91 Å². The molecule has 1 radical (unpaired) electrons. The van der Waals surface area contributed by atoms with E-state index in [4.69, 9.17) is 15.9 Å². The number of carbonyl (C=O) groups is 1. The minimum absolute atomic E-state index is 0.00722. The molecule has 0 aliphatic heterocycles. The Morgan fingerprint density at radius 1 is 0.549 bits per heavy atom. The summed E-state index contributed by atoms with van der Waals surface area (Å²) in [5, 5.41) is 39.1. The van der Waals surface area contributed by atoms with Crippen LogP contribution in [0.3, 0.4) is 0 Å². The maximum atomic E-state index is 12.3. The second-order valence-electron chi connectivity index (χ2n) is 17.0. The van der Waals surface area contributed by atoms with Gasteiger partial charge in [-0.2, -0.15) is 64.8 Å². The van der Waals surface area contributed by atoms with Gasteiger partial charge < -0.3 is 29.8 Å². The smallest absolute Gasteiger partial charge is 0.535 e. The average molecular weight is 1480 g/mol. The lowest BCUT2D eigenvalue weighted by molar-refractivity contribution is -0.413. The van der Waals surface area contributed by atoms with Crippen molar-refractivity contribution < 1.29 is 107 Å². The first-order valence-corrected chi connectivity index (χ1v) is 32.7. The van der Waals surface area contributed by atoms with Crippen LogP contribution in [-0.2, 0) is 44.1 Å². The molecule has 0 saturated carbocycles. The Morgan fingerprint density at radius 2 is 0.967 bits per heavy atom. The molecule has 91 heavy (non-hydrogen) atoms. The summed E-state index contributed by atoms with van der Waals surface area (Å²) in [6.07, 6.45) is 3.39. The zero-order valence-electron chi connectivity index (χ0n) is 46.1. The van der Waals surface area contributed by atoms with Crippen LogP contribution < -0.4 is 14.6 Å². The van der Waals surface area contributed by atoms with Crippen LogP contribution in [0.4, 0.5) is 39.5 Å². The standard InChI is InChI=1S/C18H14N4OS.C11H8F3NO3S2.C10H9NOS.C6H6BO3.C4H4BrNS.C2F6O7S2/c1-11-10-24-18(21-11)14-5-3-2-4-13(14)12-6-7-16-20-8-15(17(19)23)22(16)9-12;1-7-6-19-10(15-7)8-4-2-3-5-9(8)18-20(16,17)11(12,13)14;1-7-6-13-10(11-7)8-4-2-3-5-9(8)12;8-5-3-1-2-4-6(5)10-7-9;1-3-2-7-4(5)6-3;3-1(4,5)16(9,10)14-13-15-17(11,12)2(6,7)8/h2-10H,1H3,(H2,19,23);2-6H,1H3;2-6,12H,1H3;1-4,8-9H;2H,1H3;. The number of fused-ring (bicyclic) bond motifs is 1. The fourth-order valence-electron chi connectivity index (χ4n) is 6.31. The highest BCUT2D eigenvalue weighted by Crippen LogP contribution is 2.37. The molecule has 10 aromatic rings. The lowest BCUT2D eigenvalue weighted by Crippen LogP contribution is -2.29. The summed E-state index contributed by atoms with van der Waals surface area (Å²) in [7, 11) is -18.1. The van der Waals surface area contributed by atoms with E-state index in [-0.39, 0.29) is 22.8 Å². The largest absolute Gasteiger partial charge is 0.569 e. The molecule has 6 aromatic heterocycles. The maximum absolute atomic E-state index is 12.3. The number of benzene rings is 4. The number of amides is 1. The normalized spacial score (nSPS) is 11.6. The highest BCUT2D eigenvalue weighted by Gasteiger charge is 2.52. The molecule has 10 rings (SSSR count). The van der Waals surface area contributed by atoms with E-state index in [0.29, 0.717) is 29.7 Å². The van der Waals surface area contributed by atoms with Crippen molar-refractivity contribution in [3.8, 4) is 65.8 Å². The Hall–Kier alpha value is -7.64. The van der Waals surface area contributed by atoms with Gasteiger partial charge in [-0.1, -0.05) is 69.3 Å². The predicted octanol–water partition coefficient (Wildman–Crippen LogP) is 12.8. The van der Waals surface area contributed by atoms with Crippen molar-refractivity contribution in [3.05, 3.63) is 175 Å². The summed E-state index contributed by atoms with van der Waals surface area (Å²) in [6.45, 7) is 7.62. The number of para-hydroxylation sites is 4. The van der Waals surface area contributed by atoms with Crippen LogP contribution in [0.5, 0.6) is 23.0 Å². The van der Waals surface area contributed by atoms with Crippen molar-refractivity contribution in [3.63, 3.8) is 0 Å². The van der Waals surface area contributed by atoms with Gasteiger partial charge in [-0.15, -0.1) is 45.3 Å². The van der Waals surface area contributed by atoms with Crippen molar-refractivity contribution in [2.24, 2.45) is 5.73 Å². The van der Waals surface area contributed by atoms with Crippen LogP contribution in [0.15, 0.2) is 147 Å². The fraction of sp³-hybridized carbons (Fsp3) is 0.137. The third-order valence-electron chi connectivity index (χ3n) is 10.3. The predicted molar refractivity (Wildman–Crippen MR) is 321 cm³/mol. The van der Waals surface area contributed by atoms with E-state index in [0.717, 1.165) is 59.3 Å². The number of hydrogen-bond acceptors (Lipinski definition) is 24. The molecule has 5 N–H and O–H groups in total. The van der Waals surface area contributed by atoms with Crippen molar-refractivity contribution in [2.45, 2.75) is 44.2 Å². The van der Waals surface area contributed by atoms with Gasteiger partial charge in [0.2, 0.25) is 0 Å². The number of aromatic hydroxyl groups is 2. The number of carbonyl (C=O) groups excluding carboxylic acids is 1. The molecule has 0 saturated heterocycles. The lowest BCUT2D eigenvalue weighted by atomic mass is 10.0. The van der Waals surface area contributed by atoms with Gasteiger partial charge in [0, 0.05) is 56.1 Å². The van der Waals surface area contributed by atoms with Crippen LogP contribution in [0.2, 0.25) is 0 Å². The fourth-order valence-corrected chi connectivity index (χ4v) is 10.8. The van der Waals surface area contributed by atoms with Gasteiger partial charge in [-0.3, -0.25) is 9.20 Å². The Labute approximate surface area is 535 Å². The summed E-state index contributed by atoms with van der Waals surface area (Å²) >= 11 is 9.20. The minimum Gasteiger partial charge on any atom is -0.535 e. The summed E-state index contributed by atoms with van der Waals surface area (Å²) in [5.41, 5.74) is -3.19. The van der Waals surface area contributed by atoms with E-state index < -0.39 is 58.5 Å². The number of imidazole rings is 1. The molecule has 22 nitrogen and oxygen atoms in total. The van der Waals surface area contributed by atoms with Crippen LogP contribution >= 0.6 is 61.3 Å². The molecule has 0 unspecified atom stereocenters. The molecule has 0 spiro atoms. The third-order valence-corrected chi connectivity index (χ3v) is 17.3. The number of aromatic nitrogens is 6. The first-order valence-electron chi connectivity index (χ1n) is 24.1. The zero-order valence-corrected chi connectivity index (χ0v) is 53.4. The summed E-state index contributed by atoms with van der Waals surface area (Å²) in [5.74, 6) is -0.364. The van der Waals surface area contributed by atoms with Crippen molar-refractivity contribution in [2.75, 3.05) is 0 Å². The van der Waals surface area contributed by atoms with Gasteiger partial charge in [0.1, 0.15) is 37.9 Å². The van der Waals surface area contributed by atoms with E-state index >= 15 is 0 Å². The van der Waals surface area contributed by atoms with E-state index in [2.05, 4.69) is 69.5 Å². The molecule has 0 atom stereocenters.